The Hall–Kier alpha value is -2.24. The first-order valence-electron chi connectivity index (χ1n) is 8.50. The second-order valence-electron chi connectivity index (χ2n) is 6.91. The number of nitrogens with zero attached hydrogens (tertiary/aromatic N) is 3. The van der Waals surface area contributed by atoms with Gasteiger partial charge in [0, 0.05) is 24.6 Å². The Morgan fingerprint density at radius 1 is 1.33 bits per heavy atom. The highest BCUT2D eigenvalue weighted by atomic mass is 19.1. The number of likely N-dealkylation sites (tertiary alicyclic amines) is 1. The van der Waals surface area contributed by atoms with E-state index in [-0.39, 0.29) is 23.6 Å². The fourth-order valence-corrected chi connectivity index (χ4v) is 3.40. The number of hydrogen-bond acceptors (Lipinski definition) is 4. The van der Waals surface area contributed by atoms with Gasteiger partial charge in [-0.2, -0.15) is 4.98 Å². The van der Waals surface area contributed by atoms with Gasteiger partial charge in [-0.25, -0.2) is 4.39 Å². The molecule has 0 spiro atoms. The van der Waals surface area contributed by atoms with E-state index in [9.17, 15) is 9.18 Å². The summed E-state index contributed by atoms with van der Waals surface area (Å²) in [5.74, 6) is 1.81. The van der Waals surface area contributed by atoms with Crippen LogP contribution in [0, 0.1) is 17.7 Å². The minimum absolute atomic E-state index is 0.0819. The lowest BCUT2D eigenvalue weighted by Crippen LogP contribution is -2.40. The summed E-state index contributed by atoms with van der Waals surface area (Å²) in [5, 5.41) is 4.01. The number of carbonyl (C=O) groups is 1. The van der Waals surface area contributed by atoms with Gasteiger partial charge < -0.3 is 9.42 Å². The van der Waals surface area contributed by atoms with Gasteiger partial charge in [0.25, 0.3) is 0 Å². The Labute approximate surface area is 139 Å². The lowest BCUT2D eigenvalue weighted by molar-refractivity contribution is -0.134. The summed E-state index contributed by atoms with van der Waals surface area (Å²) in [6, 6.07) is 6.02. The van der Waals surface area contributed by atoms with Crippen LogP contribution in [0.15, 0.2) is 28.8 Å². The first-order chi connectivity index (χ1) is 11.6. The molecule has 5 nitrogen and oxygen atoms in total. The van der Waals surface area contributed by atoms with Crippen LogP contribution in [-0.2, 0) is 4.79 Å². The second-order valence-corrected chi connectivity index (χ2v) is 6.91. The number of carbonyl (C=O) groups excluding carboxylic acids is 1. The van der Waals surface area contributed by atoms with Crippen LogP contribution in [0.4, 0.5) is 4.39 Å². The van der Waals surface area contributed by atoms with Gasteiger partial charge in [-0.15, -0.1) is 0 Å². The van der Waals surface area contributed by atoms with Crippen molar-refractivity contribution in [1.82, 2.24) is 15.0 Å². The molecule has 3 atom stereocenters. The first kappa shape index (κ1) is 15.3. The minimum atomic E-state index is -0.293. The molecule has 1 aromatic heterocycles. The summed E-state index contributed by atoms with van der Waals surface area (Å²) < 4.78 is 18.4. The summed E-state index contributed by atoms with van der Waals surface area (Å²) in [7, 11) is 0. The van der Waals surface area contributed by atoms with E-state index < -0.39 is 0 Å². The number of aromatic nitrogens is 2. The van der Waals surface area contributed by atoms with Crippen molar-refractivity contribution < 1.29 is 13.7 Å². The maximum absolute atomic E-state index is 13.0. The molecule has 1 aromatic carbocycles. The van der Waals surface area contributed by atoms with E-state index in [1.165, 1.54) is 12.1 Å². The number of halogens is 1. The zero-order chi connectivity index (χ0) is 16.7. The molecule has 0 bridgehead atoms. The molecule has 4 rings (SSSR count). The van der Waals surface area contributed by atoms with Crippen LogP contribution in [0.25, 0.3) is 11.4 Å². The zero-order valence-corrected chi connectivity index (χ0v) is 13.6. The summed E-state index contributed by atoms with van der Waals surface area (Å²) >= 11 is 0. The van der Waals surface area contributed by atoms with Gasteiger partial charge >= 0.3 is 0 Å². The van der Waals surface area contributed by atoms with Crippen LogP contribution >= 0.6 is 0 Å². The van der Waals surface area contributed by atoms with Crippen molar-refractivity contribution in [3.63, 3.8) is 0 Å². The monoisotopic (exact) mass is 329 g/mol. The van der Waals surface area contributed by atoms with Crippen molar-refractivity contribution in [2.75, 3.05) is 13.1 Å². The molecule has 24 heavy (non-hydrogen) atoms. The predicted octanol–water partition coefficient (Wildman–Crippen LogP) is 3.24. The van der Waals surface area contributed by atoms with Crippen molar-refractivity contribution in [2.24, 2.45) is 11.8 Å². The molecule has 2 aromatic rings. The Balaban J connectivity index is 1.47. The molecule has 1 saturated carbocycles. The molecule has 1 saturated heterocycles. The smallest absolute Gasteiger partial charge is 0.231 e. The van der Waals surface area contributed by atoms with Crippen molar-refractivity contribution in [2.45, 2.75) is 32.1 Å². The third-order valence-corrected chi connectivity index (χ3v) is 5.05. The standard InChI is InChI=1S/C18H20FN3O2/c1-11-9-15(11)18(23)22-8-2-3-13(10-22)17-20-16(21-24-17)12-4-6-14(19)7-5-12/h4-7,11,13,15H,2-3,8-10H2,1H3/t11-,13+,15+/m1/s1. The highest BCUT2D eigenvalue weighted by Gasteiger charge is 2.42. The maximum Gasteiger partial charge on any atom is 0.231 e. The van der Waals surface area contributed by atoms with Crippen molar-refractivity contribution in [3.05, 3.63) is 36.0 Å². The van der Waals surface area contributed by atoms with Gasteiger partial charge in [0.05, 0.1) is 5.92 Å². The number of hydrogen-bond donors (Lipinski definition) is 0. The molecule has 6 heteroatoms. The van der Waals surface area contributed by atoms with E-state index in [1.54, 1.807) is 12.1 Å². The third-order valence-electron chi connectivity index (χ3n) is 5.05. The lowest BCUT2D eigenvalue weighted by atomic mass is 9.97. The van der Waals surface area contributed by atoms with Crippen LogP contribution in [-0.4, -0.2) is 34.0 Å². The minimum Gasteiger partial charge on any atom is -0.342 e. The summed E-state index contributed by atoms with van der Waals surface area (Å²) in [6.07, 6.45) is 2.90. The fourth-order valence-electron chi connectivity index (χ4n) is 3.40. The average Bonchev–Trinajstić information content (AvgIpc) is 3.13. The topological polar surface area (TPSA) is 59.2 Å². The Bertz CT molecular complexity index is 743. The molecule has 2 heterocycles. The second kappa shape index (κ2) is 6.00. The molecular weight excluding hydrogens is 309 g/mol. The van der Waals surface area contributed by atoms with Gasteiger partial charge in [-0.05, 0) is 49.4 Å². The molecular formula is C18H20FN3O2. The summed E-state index contributed by atoms with van der Waals surface area (Å²) in [4.78, 5) is 18.8. The average molecular weight is 329 g/mol. The normalized spacial score (nSPS) is 26.4. The third kappa shape index (κ3) is 2.92. The summed E-state index contributed by atoms with van der Waals surface area (Å²) in [5.41, 5.74) is 0.724. The van der Waals surface area contributed by atoms with E-state index in [0.717, 1.165) is 31.4 Å². The highest BCUT2D eigenvalue weighted by Crippen LogP contribution is 2.40. The van der Waals surface area contributed by atoms with Crippen LogP contribution in [0.5, 0.6) is 0 Å². The molecule has 126 valence electrons. The van der Waals surface area contributed by atoms with Crippen LogP contribution in [0.2, 0.25) is 0 Å². The Morgan fingerprint density at radius 2 is 2.08 bits per heavy atom. The predicted molar refractivity (Wildman–Crippen MR) is 85.5 cm³/mol. The molecule has 0 N–H and O–H groups in total. The van der Waals surface area contributed by atoms with Gasteiger partial charge in [0.1, 0.15) is 5.82 Å². The number of piperidine rings is 1. The maximum atomic E-state index is 13.0. The fraction of sp³-hybridized carbons (Fsp3) is 0.500. The van der Waals surface area contributed by atoms with Gasteiger partial charge in [0.2, 0.25) is 17.6 Å². The van der Waals surface area contributed by atoms with Gasteiger partial charge in [0.15, 0.2) is 0 Å². The van der Waals surface area contributed by atoms with Crippen LogP contribution in [0.1, 0.15) is 38.0 Å². The number of amides is 1. The number of rotatable bonds is 3. The first-order valence-corrected chi connectivity index (χ1v) is 8.50. The lowest BCUT2D eigenvalue weighted by Gasteiger charge is -2.31. The van der Waals surface area contributed by atoms with E-state index in [0.29, 0.717) is 24.2 Å². The van der Waals surface area contributed by atoms with Gasteiger partial charge in [-0.1, -0.05) is 12.1 Å². The van der Waals surface area contributed by atoms with Crippen LogP contribution < -0.4 is 0 Å². The van der Waals surface area contributed by atoms with Gasteiger partial charge in [-0.3, -0.25) is 4.79 Å². The zero-order valence-electron chi connectivity index (χ0n) is 13.6. The van der Waals surface area contributed by atoms with Crippen LogP contribution in [0.3, 0.4) is 0 Å². The van der Waals surface area contributed by atoms with Crippen molar-refractivity contribution in [3.8, 4) is 11.4 Å². The Kier molecular flexibility index (Phi) is 3.82. The van der Waals surface area contributed by atoms with Crippen molar-refractivity contribution >= 4 is 5.91 Å². The molecule has 1 aliphatic carbocycles. The molecule has 1 amide bonds. The molecule has 2 aliphatic rings. The van der Waals surface area contributed by atoms with E-state index in [2.05, 4.69) is 17.1 Å². The number of benzene rings is 1. The molecule has 2 fully saturated rings. The van der Waals surface area contributed by atoms with E-state index >= 15 is 0 Å². The quantitative estimate of drug-likeness (QED) is 0.867. The SMILES string of the molecule is C[C@@H]1C[C@@H]1C(=O)N1CCC[C@H](c2nc(-c3ccc(F)cc3)no2)C1. The highest BCUT2D eigenvalue weighted by molar-refractivity contribution is 5.81. The molecule has 0 radical (unpaired) electrons. The van der Waals surface area contributed by atoms with Crippen molar-refractivity contribution in [1.29, 1.82) is 0 Å². The van der Waals surface area contributed by atoms with E-state index in [1.807, 2.05) is 4.90 Å². The summed E-state index contributed by atoms with van der Waals surface area (Å²) in [6.45, 7) is 3.58. The van der Waals surface area contributed by atoms with E-state index in [4.69, 9.17) is 4.52 Å². The Morgan fingerprint density at radius 3 is 2.79 bits per heavy atom. The molecule has 1 aliphatic heterocycles. The molecule has 0 unspecified atom stereocenters. The largest absolute Gasteiger partial charge is 0.342 e.